The van der Waals surface area contributed by atoms with Crippen molar-refractivity contribution in [3.8, 4) is 0 Å². The van der Waals surface area contributed by atoms with Crippen LogP contribution in [0.15, 0.2) is 12.3 Å². The zero-order valence-electron chi connectivity index (χ0n) is 6.59. The molecular weight excluding hydrogens is 148 g/mol. The summed E-state index contributed by atoms with van der Waals surface area (Å²) in [7, 11) is -1.87. The van der Waals surface area contributed by atoms with Gasteiger partial charge in [-0.3, -0.25) is 4.79 Å². The van der Waals surface area contributed by atoms with Gasteiger partial charge in [-0.1, -0.05) is 5.70 Å². The zero-order chi connectivity index (χ0) is 8.78. The van der Waals surface area contributed by atoms with Gasteiger partial charge in [0.15, 0.2) is 0 Å². The van der Waals surface area contributed by atoms with Gasteiger partial charge in [-0.15, -0.1) is 6.58 Å². The van der Waals surface area contributed by atoms with Gasteiger partial charge < -0.3 is 9.90 Å². The first kappa shape index (κ1) is 12.1. The lowest BCUT2D eigenvalue weighted by Gasteiger charge is -2.02. The molecule has 0 aromatic heterocycles. The lowest BCUT2D eigenvalue weighted by atomic mass is 10.9. The van der Waals surface area contributed by atoms with E-state index < -0.39 is 14.3 Å². The Kier molecular flexibility index (Phi) is 6.28. The van der Waals surface area contributed by atoms with Crippen LogP contribution in [0.4, 0.5) is 0 Å². The molecule has 0 aromatic rings. The first-order valence-corrected chi connectivity index (χ1v) is 5.87. The second-order valence-corrected chi connectivity index (χ2v) is 6.09. The molecule has 0 unspecified atom stereocenters. The maximum Gasteiger partial charge on any atom is 0.300 e. The lowest BCUT2D eigenvalue weighted by molar-refractivity contribution is -0.134. The van der Waals surface area contributed by atoms with Gasteiger partial charge in [-0.2, -0.15) is 0 Å². The Labute approximate surface area is 62.1 Å². The van der Waals surface area contributed by atoms with E-state index in [9.17, 15) is 0 Å². The van der Waals surface area contributed by atoms with Crippen molar-refractivity contribution in [2.24, 2.45) is 0 Å². The van der Waals surface area contributed by atoms with Crippen LogP contribution in [0.1, 0.15) is 6.92 Å². The highest BCUT2D eigenvalue weighted by atomic mass is 28.4. The van der Waals surface area contributed by atoms with Crippen molar-refractivity contribution in [3.05, 3.63) is 12.3 Å². The van der Waals surface area contributed by atoms with Gasteiger partial charge in [-0.05, 0) is 13.1 Å². The normalized spacial score (nSPS) is 9.20. The average molecular weight is 162 g/mol. The summed E-state index contributed by atoms with van der Waals surface area (Å²) < 4.78 is 0. The number of carbonyl (C=O) groups is 1. The van der Waals surface area contributed by atoms with Crippen molar-refractivity contribution >= 4 is 14.3 Å². The summed E-state index contributed by atoms with van der Waals surface area (Å²) >= 11 is 0. The van der Waals surface area contributed by atoms with E-state index in [1.165, 1.54) is 0 Å². The van der Waals surface area contributed by atoms with Crippen LogP contribution in [0.3, 0.4) is 0 Å². The molecule has 0 fully saturated rings. The molecular formula is C6H14O3Si. The summed E-state index contributed by atoms with van der Waals surface area (Å²) in [6, 6.07) is 0. The van der Waals surface area contributed by atoms with Gasteiger partial charge in [0, 0.05) is 6.92 Å². The predicted octanol–water partition coefficient (Wildman–Crippen LogP) is 1.000. The summed E-state index contributed by atoms with van der Waals surface area (Å²) in [5.41, 5.74) is 1.63. The van der Waals surface area contributed by atoms with Crippen molar-refractivity contribution in [1.29, 1.82) is 0 Å². The van der Waals surface area contributed by atoms with Crippen molar-refractivity contribution in [1.82, 2.24) is 0 Å². The molecule has 0 aliphatic carbocycles. The van der Waals surface area contributed by atoms with Gasteiger partial charge in [0.1, 0.15) is 0 Å². The monoisotopic (exact) mass is 162 g/mol. The van der Waals surface area contributed by atoms with E-state index in [0.717, 1.165) is 6.92 Å². The Bertz CT molecular complexity index is 111. The van der Waals surface area contributed by atoms with Crippen LogP contribution in [-0.4, -0.2) is 24.2 Å². The van der Waals surface area contributed by atoms with Gasteiger partial charge >= 0.3 is 0 Å². The molecule has 0 aliphatic rings. The molecule has 0 atom stereocenters. The maximum atomic E-state index is 9.00. The fourth-order valence-corrected chi connectivity index (χ4v) is 0. The minimum Gasteiger partial charge on any atom is -0.481 e. The number of hydrogen-bond acceptors (Lipinski definition) is 2. The van der Waals surface area contributed by atoms with Gasteiger partial charge in [0.25, 0.3) is 5.97 Å². The second-order valence-electron chi connectivity index (χ2n) is 2.38. The molecule has 3 nitrogen and oxygen atoms in total. The van der Waals surface area contributed by atoms with E-state index >= 15 is 0 Å². The Morgan fingerprint density at radius 1 is 1.60 bits per heavy atom. The number of rotatable bonds is 1. The number of hydrogen-bond donors (Lipinski definition) is 2. The average Bonchev–Trinajstić information content (AvgIpc) is 1.63. The fourth-order valence-electron chi connectivity index (χ4n) is 0. The van der Waals surface area contributed by atoms with Crippen molar-refractivity contribution < 1.29 is 14.7 Å². The van der Waals surface area contributed by atoms with Crippen LogP contribution in [0.25, 0.3) is 0 Å². The third-order valence-electron chi connectivity index (χ3n) is 0.500. The first-order chi connectivity index (χ1) is 4.29. The summed E-state index contributed by atoms with van der Waals surface area (Å²) in [6.45, 7) is 8.17. The van der Waals surface area contributed by atoms with Crippen molar-refractivity contribution in [2.45, 2.75) is 20.0 Å². The Morgan fingerprint density at radius 3 is 1.70 bits per heavy atom. The topological polar surface area (TPSA) is 57.5 Å². The quantitative estimate of drug-likeness (QED) is 0.565. The molecule has 0 heterocycles. The summed E-state index contributed by atoms with van der Waals surface area (Å²) in [4.78, 5) is 17.8. The standard InChI is InChI=1S/C4H10OSi.C2H4O2/c1-4-6(2,3)5;1-2(3)4/h4-5H,1H2,2-3H3;1H3,(H,3,4). The SMILES string of the molecule is C=C[Si](C)(C)O.CC(=O)O. The minimum absolute atomic E-state index is 0.833. The molecule has 4 heteroatoms. The maximum absolute atomic E-state index is 9.00. The van der Waals surface area contributed by atoms with E-state index in [-0.39, 0.29) is 0 Å². The van der Waals surface area contributed by atoms with Crippen molar-refractivity contribution in [3.63, 3.8) is 0 Å². The second kappa shape index (κ2) is 5.19. The molecule has 0 saturated carbocycles. The van der Waals surface area contributed by atoms with Crippen LogP contribution in [0.2, 0.25) is 13.1 Å². The molecule has 0 saturated heterocycles. The summed E-state index contributed by atoms with van der Waals surface area (Å²) in [6.07, 6.45) is 0. The third kappa shape index (κ3) is 52.9. The lowest BCUT2D eigenvalue weighted by Crippen LogP contribution is -2.20. The van der Waals surface area contributed by atoms with Gasteiger partial charge in [0.2, 0.25) is 8.32 Å². The van der Waals surface area contributed by atoms with Gasteiger partial charge in [0.05, 0.1) is 0 Å². The van der Waals surface area contributed by atoms with E-state index in [1.54, 1.807) is 5.70 Å². The molecule has 0 aromatic carbocycles. The van der Waals surface area contributed by atoms with E-state index in [2.05, 4.69) is 6.58 Å². The van der Waals surface area contributed by atoms with Crippen LogP contribution < -0.4 is 0 Å². The van der Waals surface area contributed by atoms with E-state index in [4.69, 9.17) is 14.7 Å². The van der Waals surface area contributed by atoms with E-state index in [0.29, 0.717) is 0 Å². The van der Waals surface area contributed by atoms with Crippen LogP contribution >= 0.6 is 0 Å². The minimum atomic E-state index is -1.87. The largest absolute Gasteiger partial charge is 0.481 e. The summed E-state index contributed by atoms with van der Waals surface area (Å²) in [5, 5.41) is 7.42. The van der Waals surface area contributed by atoms with Crippen LogP contribution in [-0.2, 0) is 4.79 Å². The summed E-state index contributed by atoms with van der Waals surface area (Å²) in [5.74, 6) is -0.833. The highest BCUT2D eigenvalue weighted by Gasteiger charge is 2.07. The first-order valence-electron chi connectivity index (χ1n) is 2.85. The molecule has 0 aliphatic heterocycles. The predicted molar refractivity (Wildman–Crippen MR) is 43.2 cm³/mol. The fraction of sp³-hybridized carbons (Fsp3) is 0.500. The molecule has 0 bridgehead atoms. The molecule has 0 radical (unpaired) electrons. The molecule has 0 amide bonds. The zero-order valence-corrected chi connectivity index (χ0v) is 7.59. The molecule has 60 valence electrons. The highest BCUT2D eigenvalue weighted by Crippen LogP contribution is 1.92. The third-order valence-corrected chi connectivity index (χ3v) is 1.50. The van der Waals surface area contributed by atoms with Crippen LogP contribution in [0.5, 0.6) is 0 Å². The number of aliphatic carboxylic acids is 1. The van der Waals surface area contributed by atoms with Gasteiger partial charge in [-0.25, -0.2) is 0 Å². The Balaban J connectivity index is 0. The molecule has 0 rings (SSSR count). The van der Waals surface area contributed by atoms with Crippen LogP contribution in [0, 0.1) is 0 Å². The molecule has 10 heavy (non-hydrogen) atoms. The Morgan fingerprint density at radius 2 is 1.70 bits per heavy atom. The number of carboxylic acids is 1. The number of carboxylic acid groups (broad SMARTS) is 1. The van der Waals surface area contributed by atoms with E-state index in [1.807, 2.05) is 13.1 Å². The smallest absolute Gasteiger partial charge is 0.300 e. The highest BCUT2D eigenvalue weighted by molar-refractivity contribution is 6.74. The molecule has 2 N–H and O–H groups in total. The Hall–Kier alpha value is -0.613. The van der Waals surface area contributed by atoms with Crippen molar-refractivity contribution in [2.75, 3.05) is 0 Å². The molecule has 0 spiro atoms.